The van der Waals surface area contributed by atoms with Crippen molar-refractivity contribution in [2.75, 3.05) is 5.32 Å². The second kappa shape index (κ2) is 11.2. The molecule has 0 spiro atoms. The van der Waals surface area contributed by atoms with Crippen LogP contribution in [0.2, 0.25) is 5.02 Å². The maximum atomic E-state index is 13.0. The van der Waals surface area contributed by atoms with Crippen LogP contribution in [0.1, 0.15) is 29.2 Å². The summed E-state index contributed by atoms with van der Waals surface area (Å²) in [6.45, 7) is 1.53. The number of carbonyl (C=O) groups excluding carboxylic acids is 1. The largest absolute Gasteiger partial charge is 0.573 e. The van der Waals surface area contributed by atoms with Crippen LogP contribution < -0.4 is 20.9 Å². The fourth-order valence-electron chi connectivity index (χ4n) is 3.50. The number of pyridine rings is 1. The summed E-state index contributed by atoms with van der Waals surface area (Å²) in [6, 6.07) is 8.85. The summed E-state index contributed by atoms with van der Waals surface area (Å²) in [4.78, 5) is 37.1. The predicted octanol–water partition coefficient (Wildman–Crippen LogP) is 4.80. The van der Waals surface area contributed by atoms with Gasteiger partial charge in [-0.1, -0.05) is 41.9 Å². The summed E-state index contributed by atoms with van der Waals surface area (Å²) in [5.41, 5.74) is -0.388. The number of rotatable bonds is 8. The number of nitrogens with one attached hydrogen (secondary N) is 2. The van der Waals surface area contributed by atoms with Crippen molar-refractivity contribution in [3.63, 3.8) is 0 Å². The number of aliphatic carboxylic acids is 1. The lowest BCUT2D eigenvalue weighted by atomic mass is 10.0. The number of aryl methyl sites for hydroxylation is 1. The highest BCUT2D eigenvalue weighted by molar-refractivity contribution is 6.31. The summed E-state index contributed by atoms with van der Waals surface area (Å²) < 4.78 is 42.8. The van der Waals surface area contributed by atoms with Gasteiger partial charge in [0, 0.05) is 16.8 Å². The zero-order valence-electron chi connectivity index (χ0n) is 19.2. The summed E-state index contributed by atoms with van der Waals surface area (Å²) >= 11 is 6.16. The van der Waals surface area contributed by atoms with Gasteiger partial charge in [0.25, 0.3) is 5.56 Å². The van der Waals surface area contributed by atoms with Gasteiger partial charge in [-0.25, -0.2) is 4.79 Å². The van der Waals surface area contributed by atoms with E-state index < -0.39 is 53.6 Å². The van der Waals surface area contributed by atoms with Crippen LogP contribution in [0.25, 0.3) is 0 Å². The quantitative estimate of drug-likeness (QED) is 0.325. The molecular weight excluding hydrogens is 519 g/mol. The lowest BCUT2D eigenvalue weighted by Gasteiger charge is -2.20. The number of benzene rings is 2. The molecule has 0 saturated heterocycles. The number of aromatic hydroxyl groups is 1. The zero-order valence-corrected chi connectivity index (χ0v) is 19.9. The maximum Gasteiger partial charge on any atom is 0.573 e. The Morgan fingerprint density at radius 2 is 1.86 bits per heavy atom. The molecule has 3 aromatic rings. The summed E-state index contributed by atoms with van der Waals surface area (Å²) in [5, 5.41) is 24.6. The molecule has 0 aliphatic heterocycles. The number of carboxylic acids is 1. The number of urea groups is 1. The van der Waals surface area contributed by atoms with Crippen LogP contribution >= 0.6 is 11.6 Å². The SMILES string of the molecule is Cc1cn(Cc2ccccc2Cl)c(=O)c(NC(=O)N[C@@H](CC(=O)O)c2cccc(OC(F)(F)F)c2)c1O. The average Bonchev–Trinajstić information content (AvgIpc) is 2.80. The molecule has 0 saturated carbocycles. The van der Waals surface area contributed by atoms with E-state index in [4.69, 9.17) is 11.6 Å². The summed E-state index contributed by atoms with van der Waals surface area (Å²) in [7, 11) is 0. The molecule has 9 nitrogen and oxygen atoms in total. The van der Waals surface area contributed by atoms with E-state index in [0.717, 1.165) is 12.1 Å². The van der Waals surface area contributed by atoms with Gasteiger partial charge in [0.15, 0.2) is 5.69 Å². The van der Waals surface area contributed by atoms with Crippen LogP contribution in [0, 0.1) is 6.92 Å². The molecule has 0 bridgehead atoms. The van der Waals surface area contributed by atoms with Crippen molar-refractivity contribution < 1.29 is 37.7 Å². The van der Waals surface area contributed by atoms with E-state index in [-0.39, 0.29) is 17.7 Å². The minimum atomic E-state index is -4.97. The zero-order chi connectivity index (χ0) is 27.3. The lowest BCUT2D eigenvalue weighted by molar-refractivity contribution is -0.274. The van der Waals surface area contributed by atoms with E-state index in [2.05, 4.69) is 15.4 Å². The highest BCUT2D eigenvalue weighted by atomic mass is 35.5. The fourth-order valence-corrected chi connectivity index (χ4v) is 3.69. The summed E-state index contributed by atoms with van der Waals surface area (Å²) in [6.07, 6.45) is -4.29. The van der Waals surface area contributed by atoms with Gasteiger partial charge in [-0.3, -0.25) is 9.59 Å². The van der Waals surface area contributed by atoms with Gasteiger partial charge < -0.3 is 30.2 Å². The Balaban J connectivity index is 1.87. The number of amides is 2. The maximum absolute atomic E-state index is 13.0. The number of aromatic nitrogens is 1. The molecule has 0 radical (unpaired) electrons. The van der Waals surface area contributed by atoms with Gasteiger partial charge >= 0.3 is 18.4 Å². The number of anilines is 1. The van der Waals surface area contributed by atoms with Crippen LogP contribution in [0.4, 0.5) is 23.7 Å². The van der Waals surface area contributed by atoms with Gasteiger partial charge in [0.05, 0.1) is 19.0 Å². The van der Waals surface area contributed by atoms with Crippen molar-refractivity contribution in [1.82, 2.24) is 9.88 Å². The molecule has 2 amide bonds. The van der Waals surface area contributed by atoms with Crippen LogP contribution in [-0.2, 0) is 11.3 Å². The second-order valence-electron chi connectivity index (χ2n) is 7.93. The highest BCUT2D eigenvalue weighted by Crippen LogP contribution is 2.28. The van der Waals surface area contributed by atoms with E-state index in [1.807, 2.05) is 0 Å². The predicted molar refractivity (Wildman–Crippen MR) is 128 cm³/mol. The van der Waals surface area contributed by atoms with Gasteiger partial charge in [-0.05, 0) is 36.2 Å². The molecule has 1 atom stereocenters. The molecule has 0 aliphatic rings. The molecule has 1 aromatic heterocycles. The molecular formula is C24H21ClF3N3O6. The Kier molecular flexibility index (Phi) is 8.33. The fraction of sp³-hybridized carbons (Fsp3) is 0.208. The van der Waals surface area contributed by atoms with Gasteiger partial charge in [-0.2, -0.15) is 0 Å². The summed E-state index contributed by atoms with van der Waals surface area (Å²) in [5.74, 6) is -2.47. The topological polar surface area (TPSA) is 130 Å². The van der Waals surface area contributed by atoms with Crippen LogP contribution in [0.5, 0.6) is 11.5 Å². The normalized spacial score (nSPS) is 12.0. The number of halogens is 4. The van der Waals surface area contributed by atoms with E-state index >= 15 is 0 Å². The molecule has 3 rings (SSSR count). The van der Waals surface area contributed by atoms with E-state index in [1.54, 1.807) is 24.3 Å². The first-order chi connectivity index (χ1) is 17.3. The smallest absolute Gasteiger partial charge is 0.505 e. The van der Waals surface area contributed by atoms with E-state index in [0.29, 0.717) is 10.6 Å². The van der Waals surface area contributed by atoms with Crippen molar-refractivity contribution in [3.8, 4) is 11.5 Å². The number of carbonyl (C=O) groups is 2. The monoisotopic (exact) mass is 539 g/mol. The highest BCUT2D eigenvalue weighted by Gasteiger charge is 2.31. The van der Waals surface area contributed by atoms with Crippen LogP contribution in [-0.4, -0.2) is 33.1 Å². The van der Waals surface area contributed by atoms with Crippen molar-refractivity contribution in [2.45, 2.75) is 32.3 Å². The van der Waals surface area contributed by atoms with Crippen molar-refractivity contribution in [1.29, 1.82) is 0 Å². The Morgan fingerprint density at radius 1 is 1.16 bits per heavy atom. The third-order valence-corrected chi connectivity index (χ3v) is 5.52. The number of alkyl halides is 3. The van der Waals surface area contributed by atoms with Gasteiger partial charge in [-0.15, -0.1) is 13.2 Å². The number of carboxylic acid groups (broad SMARTS) is 1. The lowest BCUT2D eigenvalue weighted by Crippen LogP contribution is -2.36. The molecule has 1 heterocycles. The van der Waals surface area contributed by atoms with Crippen molar-refractivity contribution in [2.24, 2.45) is 0 Å². The number of ether oxygens (including phenoxy) is 1. The van der Waals surface area contributed by atoms with Gasteiger partial charge in [0.2, 0.25) is 0 Å². The minimum absolute atomic E-state index is 0.00361. The molecule has 13 heteroatoms. The molecule has 2 aromatic carbocycles. The van der Waals surface area contributed by atoms with E-state index in [9.17, 15) is 37.8 Å². The number of hydrogen-bond donors (Lipinski definition) is 4. The Hall–Kier alpha value is -4.19. The molecule has 0 aliphatic carbocycles. The standard InChI is InChI=1S/C24H21ClF3N3O6/c1-13-11-31(12-15-5-2-3-8-17(15)25)22(35)20(21(13)34)30-23(36)29-18(10-19(32)33)14-6-4-7-16(9-14)37-24(26,27)28/h2-9,11,18,34H,10,12H2,1H3,(H,32,33)(H2,29,30,36)/t18-/m0/s1. The Labute approximate surface area is 213 Å². The Bertz CT molecular complexity index is 1380. The second-order valence-corrected chi connectivity index (χ2v) is 8.34. The van der Waals surface area contributed by atoms with Crippen molar-refractivity contribution in [3.05, 3.63) is 86.8 Å². The van der Waals surface area contributed by atoms with Gasteiger partial charge in [0.1, 0.15) is 11.5 Å². The van der Waals surface area contributed by atoms with E-state index in [1.165, 1.54) is 29.8 Å². The molecule has 196 valence electrons. The average molecular weight is 540 g/mol. The molecule has 4 N–H and O–H groups in total. The molecule has 37 heavy (non-hydrogen) atoms. The minimum Gasteiger partial charge on any atom is -0.505 e. The van der Waals surface area contributed by atoms with Crippen molar-refractivity contribution >= 4 is 29.3 Å². The first kappa shape index (κ1) is 27.4. The van der Waals surface area contributed by atoms with Crippen LogP contribution in [0.3, 0.4) is 0 Å². The third kappa shape index (κ3) is 7.40. The first-order valence-corrected chi connectivity index (χ1v) is 11.0. The molecule has 0 fully saturated rings. The number of hydrogen-bond acceptors (Lipinski definition) is 5. The first-order valence-electron chi connectivity index (χ1n) is 10.7. The van der Waals surface area contributed by atoms with Crippen LogP contribution in [0.15, 0.2) is 59.5 Å². The molecule has 0 unspecified atom stereocenters. The third-order valence-electron chi connectivity index (χ3n) is 5.15. The number of nitrogens with zero attached hydrogens (tertiary/aromatic N) is 1. The Morgan fingerprint density at radius 3 is 2.51 bits per heavy atom.